The fourth-order valence-corrected chi connectivity index (χ4v) is 4.66. The van der Waals surface area contributed by atoms with Crippen LogP contribution in [0.25, 0.3) is 22.4 Å². The van der Waals surface area contributed by atoms with Crippen molar-refractivity contribution in [3.8, 4) is 11.5 Å². The van der Waals surface area contributed by atoms with Gasteiger partial charge in [-0.25, -0.2) is 9.97 Å². The van der Waals surface area contributed by atoms with Gasteiger partial charge in [-0.1, -0.05) is 23.7 Å². The molecule has 10 nitrogen and oxygen atoms in total. The first-order valence-corrected chi connectivity index (χ1v) is 12.1. The minimum Gasteiger partial charge on any atom is -0.383 e. The molecule has 39 heavy (non-hydrogen) atoms. The van der Waals surface area contributed by atoms with Gasteiger partial charge in [0.1, 0.15) is 28.4 Å². The van der Waals surface area contributed by atoms with Gasteiger partial charge < -0.3 is 11.1 Å². The van der Waals surface area contributed by atoms with Gasteiger partial charge in [0.25, 0.3) is 0 Å². The molecular formula is C23H21ClF5N9O. The van der Waals surface area contributed by atoms with E-state index >= 15 is 0 Å². The summed E-state index contributed by atoms with van der Waals surface area (Å²) in [6.45, 7) is 3.40. The first-order chi connectivity index (χ1) is 18.3. The Balaban J connectivity index is 1.58. The average Bonchev–Trinajstić information content (AvgIpc) is 3.53. The lowest BCUT2D eigenvalue weighted by Gasteiger charge is -2.19. The van der Waals surface area contributed by atoms with Crippen LogP contribution in [-0.4, -0.2) is 52.7 Å². The quantitative estimate of drug-likeness (QED) is 0.312. The van der Waals surface area contributed by atoms with E-state index in [0.29, 0.717) is 17.6 Å². The highest BCUT2D eigenvalue weighted by Gasteiger charge is 2.57. The molecule has 4 heterocycles. The number of anilines is 2. The Morgan fingerprint density at radius 2 is 1.90 bits per heavy atom. The van der Waals surface area contributed by atoms with E-state index in [1.807, 2.05) is 6.92 Å². The Morgan fingerprint density at radius 3 is 2.59 bits per heavy atom. The standard InChI is InChI=1S/C23H21ClF5N9O/c1-3-7-37-10-14(34-36-37)21(2)15-17(30)31-19(32-18(15)33-20(21)39)16-12-5-4-11(24)9-13(12)38(35-16)8-6-22(25,26)23(27,28)29/h4-5,9-10H,3,6-8H2,1-2H3,(H3,30,31,32,33,39)/t21-/m1/s1. The van der Waals surface area contributed by atoms with Crippen LogP contribution in [0.5, 0.6) is 0 Å². The molecule has 0 saturated heterocycles. The molecule has 16 heteroatoms. The second-order valence-electron chi connectivity index (χ2n) is 9.29. The van der Waals surface area contributed by atoms with E-state index in [1.165, 1.54) is 18.2 Å². The normalized spacial score (nSPS) is 17.6. The number of benzene rings is 1. The summed E-state index contributed by atoms with van der Waals surface area (Å²) in [4.78, 5) is 21.9. The summed E-state index contributed by atoms with van der Waals surface area (Å²) >= 11 is 6.06. The number of carbonyl (C=O) groups excluding carboxylic acids is 1. The van der Waals surface area contributed by atoms with Gasteiger partial charge in [-0.3, -0.25) is 14.2 Å². The molecule has 1 atom stereocenters. The zero-order valence-electron chi connectivity index (χ0n) is 20.5. The summed E-state index contributed by atoms with van der Waals surface area (Å²) in [5.74, 6) is -5.43. The lowest BCUT2D eigenvalue weighted by Crippen LogP contribution is -2.37. The first-order valence-electron chi connectivity index (χ1n) is 11.8. The van der Waals surface area contributed by atoms with Gasteiger partial charge in [-0.15, -0.1) is 5.10 Å². The van der Waals surface area contributed by atoms with Gasteiger partial charge in [-0.05, 0) is 31.5 Å². The molecule has 4 aromatic rings. The third kappa shape index (κ3) is 4.33. The van der Waals surface area contributed by atoms with Crippen molar-refractivity contribution in [1.29, 1.82) is 0 Å². The average molecular weight is 570 g/mol. The number of hydrogen-bond acceptors (Lipinski definition) is 7. The minimum atomic E-state index is -5.71. The van der Waals surface area contributed by atoms with E-state index < -0.39 is 36.4 Å². The van der Waals surface area contributed by atoms with Gasteiger partial charge in [0.2, 0.25) is 5.91 Å². The molecule has 5 rings (SSSR count). The summed E-state index contributed by atoms with van der Waals surface area (Å²) in [7, 11) is 0. The van der Waals surface area contributed by atoms with Crippen LogP contribution in [0, 0.1) is 0 Å². The highest BCUT2D eigenvalue weighted by atomic mass is 35.5. The monoisotopic (exact) mass is 569 g/mol. The highest BCUT2D eigenvalue weighted by molar-refractivity contribution is 6.31. The van der Waals surface area contributed by atoms with Crippen LogP contribution in [0.4, 0.5) is 33.6 Å². The van der Waals surface area contributed by atoms with Crippen molar-refractivity contribution in [2.75, 3.05) is 11.1 Å². The first kappa shape index (κ1) is 26.7. The molecule has 0 aliphatic carbocycles. The van der Waals surface area contributed by atoms with Crippen molar-refractivity contribution in [1.82, 2.24) is 34.7 Å². The van der Waals surface area contributed by atoms with Gasteiger partial charge in [0.05, 0.1) is 11.1 Å². The Kier molecular flexibility index (Phi) is 6.24. The van der Waals surface area contributed by atoms with Crippen LogP contribution < -0.4 is 11.1 Å². The number of aromatic nitrogens is 7. The zero-order chi connectivity index (χ0) is 28.3. The second-order valence-corrected chi connectivity index (χ2v) is 9.72. The number of nitrogens with zero attached hydrogens (tertiary/aromatic N) is 7. The number of nitrogen functional groups attached to an aromatic ring is 1. The Hall–Kier alpha value is -3.88. The van der Waals surface area contributed by atoms with E-state index in [0.717, 1.165) is 11.1 Å². The number of fused-ring (bicyclic) bond motifs is 2. The molecular weight excluding hydrogens is 549 g/mol. The third-order valence-corrected chi connectivity index (χ3v) is 6.84. The van der Waals surface area contributed by atoms with Crippen LogP contribution in [0.2, 0.25) is 5.02 Å². The SMILES string of the molecule is CCCn1cc([C@@]2(C)C(=O)Nc3nc(-c4nn(CCC(F)(F)C(F)(F)F)c5cc(Cl)ccc45)nc(N)c32)nn1. The number of nitrogens with one attached hydrogen (secondary N) is 1. The number of aryl methyl sites for hydroxylation is 2. The van der Waals surface area contributed by atoms with Gasteiger partial charge in [0, 0.05) is 36.1 Å². The van der Waals surface area contributed by atoms with Gasteiger partial charge in [-0.2, -0.15) is 27.1 Å². The van der Waals surface area contributed by atoms with Crippen LogP contribution in [0.1, 0.15) is 37.9 Å². The minimum absolute atomic E-state index is 0.0586. The highest BCUT2D eigenvalue weighted by Crippen LogP contribution is 2.45. The molecule has 1 aromatic carbocycles. The number of amides is 1. The van der Waals surface area contributed by atoms with Crippen molar-refractivity contribution in [3.63, 3.8) is 0 Å². The lowest BCUT2D eigenvalue weighted by molar-refractivity contribution is -0.285. The maximum Gasteiger partial charge on any atom is 0.453 e. The zero-order valence-corrected chi connectivity index (χ0v) is 21.3. The molecule has 1 aliphatic rings. The largest absolute Gasteiger partial charge is 0.453 e. The Morgan fingerprint density at radius 1 is 1.15 bits per heavy atom. The number of alkyl halides is 5. The van der Waals surface area contributed by atoms with Crippen molar-refractivity contribution < 1.29 is 26.7 Å². The fourth-order valence-electron chi connectivity index (χ4n) is 4.49. The number of nitrogens with two attached hydrogens (primary N) is 1. The predicted molar refractivity (Wildman–Crippen MR) is 131 cm³/mol. The van der Waals surface area contributed by atoms with Crippen LogP contribution in [0.15, 0.2) is 24.4 Å². The molecule has 0 unspecified atom stereocenters. The fraction of sp³-hybridized carbons (Fsp3) is 0.391. The molecule has 0 bridgehead atoms. The number of carbonyl (C=O) groups is 1. The van der Waals surface area contributed by atoms with E-state index in [2.05, 4.69) is 30.7 Å². The second kappa shape index (κ2) is 9.10. The molecule has 0 spiro atoms. The molecule has 0 fully saturated rings. The van der Waals surface area contributed by atoms with Crippen LogP contribution in [0.3, 0.4) is 0 Å². The number of hydrogen-bond donors (Lipinski definition) is 2. The Bertz CT molecular complexity index is 1600. The van der Waals surface area contributed by atoms with Crippen LogP contribution in [-0.2, 0) is 23.3 Å². The van der Waals surface area contributed by atoms with Gasteiger partial charge in [0.15, 0.2) is 5.82 Å². The Labute approximate surface area is 222 Å². The summed E-state index contributed by atoms with van der Waals surface area (Å²) in [6, 6.07) is 4.40. The molecule has 3 N–H and O–H groups in total. The van der Waals surface area contributed by atoms with Gasteiger partial charge >= 0.3 is 12.1 Å². The summed E-state index contributed by atoms with van der Waals surface area (Å²) in [5, 5.41) is 15.6. The lowest BCUT2D eigenvalue weighted by atomic mass is 9.81. The van der Waals surface area contributed by atoms with Crippen molar-refractivity contribution in [3.05, 3.63) is 40.7 Å². The summed E-state index contributed by atoms with van der Waals surface area (Å²) in [5.41, 5.74) is 5.83. The smallest absolute Gasteiger partial charge is 0.383 e. The number of rotatable bonds is 7. The van der Waals surface area contributed by atoms with E-state index in [-0.39, 0.29) is 39.3 Å². The molecule has 0 saturated carbocycles. The predicted octanol–water partition coefficient (Wildman–Crippen LogP) is 4.58. The molecule has 0 radical (unpaired) electrons. The van der Waals surface area contributed by atoms with Crippen LogP contribution >= 0.6 is 11.6 Å². The van der Waals surface area contributed by atoms with E-state index in [9.17, 15) is 26.7 Å². The maximum absolute atomic E-state index is 13.6. The molecule has 1 amide bonds. The molecule has 1 aliphatic heterocycles. The maximum atomic E-state index is 13.6. The topological polar surface area (TPSA) is 129 Å². The van der Waals surface area contributed by atoms with Crippen molar-refractivity contribution in [2.45, 2.75) is 57.3 Å². The van der Waals surface area contributed by atoms with E-state index in [1.54, 1.807) is 17.8 Å². The summed E-state index contributed by atoms with van der Waals surface area (Å²) in [6.07, 6.45) is -4.81. The van der Waals surface area contributed by atoms with Crippen molar-refractivity contribution in [2.24, 2.45) is 0 Å². The van der Waals surface area contributed by atoms with E-state index in [4.69, 9.17) is 17.3 Å². The molecule has 3 aromatic heterocycles. The number of halogens is 6. The summed E-state index contributed by atoms with van der Waals surface area (Å²) < 4.78 is 68.1. The molecule has 206 valence electrons. The third-order valence-electron chi connectivity index (χ3n) is 6.60. The van der Waals surface area contributed by atoms with Crippen molar-refractivity contribution >= 4 is 40.0 Å².